The molecule has 2 aromatic rings. The molecule has 0 unspecified atom stereocenters. The Balaban J connectivity index is 1.69. The van der Waals surface area contributed by atoms with E-state index in [2.05, 4.69) is 9.55 Å². The van der Waals surface area contributed by atoms with Crippen molar-refractivity contribution >= 4 is 28.7 Å². The predicted octanol–water partition coefficient (Wildman–Crippen LogP) is 4.26. The molecule has 0 saturated carbocycles. The molecule has 1 aliphatic heterocycles. The Morgan fingerprint density at radius 2 is 2.00 bits per heavy atom. The van der Waals surface area contributed by atoms with E-state index in [1.54, 1.807) is 17.2 Å². The summed E-state index contributed by atoms with van der Waals surface area (Å²) in [5.74, 6) is 0. The fourth-order valence-corrected chi connectivity index (χ4v) is 3.18. The van der Waals surface area contributed by atoms with Gasteiger partial charge in [0.25, 0.3) is 0 Å². The van der Waals surface area contributed by atoms with Gasteiger partial charge in [-0.3, -0.25) is 0 Å². The highest BCUT2D eigenvalue weighted by Crippen LogP contribution is 2.30. The van der Waals surface area contributed by atoms with Crippen molar-refractivity contribution in [1.82, 2.24) is 14.5 Å². The number of hydrogen-bond acceptors (Lipinski definition) is 3. The van der Waals surface area contributed by atoms with Crippen molar-refractivity contribution in [3.05, 3.63) is 29.5 Å². The van der Waals surface area contributed by atoms with Gasteiger partial charge in [-0.1, -0.05) is 11.6 Å². The van der Waals surface area contributed by atoms with Gasteiger partial charge in [-0.05, 0) is 45.7 Å². The van der Waals surface area contributed by atoms with Gasteiger partial charge in [0.1, 0.15) is 11.2 Å². The Morgan fingerprint density at radius 3 is 2.65 bits per heavy atom. The van der Waals surface area contributed by atoms with Gasteiger partial charge in [0.15, 0.2) is 0 Å². The van der Waals surface area contributed by atoms with E-state index >= 15 is 0 Å². The van der Waals surface area contributed by atoms with E-state index in [0.29, 0.717) is 19.1 Å². The van der Waals surface area contributed by atoms with Crippen LogP contribution in [-0.4, -0.2) is 39.2 Å². The van der Waals surface area contributed by atoms with Crippen molar-refractivity contribution < 1.29 is 9.53 Å². The van der Waals surface area contributed by atoms with Crippen molar-refractivity contribution in [3.63, 3.8) is 0 Å². The quantitative estimate of drug-likeness (QED) is 0.782. The Labute approximate surface area is 141 Å². The van der Waals surface area contributed by atoms with Gasteiger partial charge >= 0.3 is 6.09 Å². The summed E-state index contributed by atoms with van der Waals surface area (Å²) >= 11 is 6.21. The molecular formula is C17H22ClN3O2. The molecule has 0 aromatic carbocycles. The molecule has 1 aliphatic rings. The number of rotatable bonds is 1. The first-order chi connectivity index (χ1) is 10.8. The lowest BCUT2D eigenvalue weighted by molar-refractivity contribution is 0.0189. The van der Waals surface area contributed by atoms with Crippen LogP contribution in [0.4, 0.5) is 4.79 Å². The maximum Gasteiger partial charge on any atom is 0.410 e. The summed E-state index contributed by atoms with van der Waals surface area (Å²) in [6.45, 7) is 7.05. The number of fused-ring (bicyclic) bond motifs is 1. The maximum atomic E-state index is 12.1. The van der Waals surface area contributed by atoms with E-state index in [4.69, 9.17) is 16.3 Å². The highest BCUT2D eigenvalue weighted by molar-refractivity contribution is 6.35. The van der Waals surface area contributed by atoms with Crippen molar-refractivity contribution in [1.29, 1.82) is 0 Å². The molecule has 0 N–H and O–H groups in total. The summed E-state index contributed by atoms with van der Waals surface area (Å²) in [5.41, 5.74) is 0.457. The topological polar surface area (TPSA) is 47.4 Å². The van der Waals surface area contributed by atoms with Crippen LogP contribution in [0.5, 0.6) is 0 Å². The van der Waals surface area contributed by atoms with E-state index in [1.165, 1.54) is 0 Å². The Hall–Kier alpha value is -1.75. The summed E-state index contributed by atoms with van der Waals surface area (Å²) in [7, 11) is 0. The van der Waals surface area contributed by atoms with E-state index in [0.717, 1.165) is 28.9 Å². The average molecular weight is 336 g/mol. The van der Waals surface area contributed by atoms with E-state index < -0.39 is 5.60 Å². The predicted molar refractivity (Wildman–Crippen MR) is 90.8 cm³/mol. The average Bonchev–Trinajstić information content (AvgIpc) is 2.91. The minimum Gasteiger partial charge on any atom is -0.444 e. The number of piperidine rings is 1. The van der Waals surface area contributed by atoms with Crippen LogP contribution >= 0.6 is 11.6 Å². The van der Waals surface area contributed by atoms with Crippen LogP contribution in [0.3, 0.4) is 0 Å². The summed E-state index contributed by atoms with van der Waals surface area (Å²) in [6, 6.07) is 4.14. The lowest BCUT2D eigenvalue weighted by Gasteiger charge is -2.34. The summed E-state index contributed by atoms with van der Waals surface area (Å²) in [5, 5.41) is 1.70. The van der Waals surface area contributed by atoms with Gasteiger partial charge in [-0.15, -0.1) is 0 Å². The fourth-order valence-electron chi connectivity index (χ4n) is 2.97. The third-order valence-electron chi connectivity index (χ3n) is 4.07. The third kappa shape index (κ3) is 3.44. The highest BCUT2D eigenvalue weighted by atomic mass is 35.5. The smallest absolute Gasteiger partial charge is 0.410 e. The molecule has 1 saturated heterocycles. The molecule has 0 radical (unpaired) electrons. The number of likely N-dealkylation sites (tertiary alicyclic amines) is 1. The first kappa shape index (κ1) is 16.1. The molecule has 3 rings (SSSR count). The van der Waals surface area contributed by atoms with E-state index in [-0.39, 0.29) is 6.09 Å². The largest absolute Gasteiger partial charge is 0.444 e. The molecule has 6 heteroatoms. The molecule has 0 atom stereocenters. The van der Waals surface area contributed by atoms with Crippen molar-refractivity contribution in [2.24, 2.45) is 0 Å². The standard InChI is InChI=1S/C17H22ClN3O2/c1-17(2,3)23-16(22)20-9-5-12(6-10-20)21-11-7-13-14(18)4-8-19-15(13)21/h4,7-8,11-12H,5-6,9-10H2,1-3H3. The molecule has 0 spiro atoms. The monoisotopic (exact) mass is 335 g/mol. The SMILES string of the molecule is CC(C)(C)OC(=O)N1CCC(n2ccc3c(Cl)ccnc32)CC1. The number of aromatic nitrogens is 2. The molecule has 0 bridgehead atoms. The zero-order chi connectivity index (χ0) is 16.6. The number of carbonyl (C=O) groups excluding carboxylic acids is 1. The van der Waals surface area contributed by atoms with Gasteiger partial charge in [-0.2, -0.15) is 0 Å². The molecule has 5 nitrogen and oxygen atoms in total. The fraction of sp³-hybridized carbons (Fsp3) is 0.529. The highest BCUT2D eigenvalue weighted by Gasteiger charge is 2.28. The van der Waals surface area contributed by atoms with Crippen LogP contribution in [0.1, 0.15) is 39.7 Å². The van der Waals surface area contributed by atoms with Crippen molar-refractivity contribution in [2.45, 2.75) is 45.3 Å². The second-order valence-corrected chi connectivity index (χ2v) is 7.36. The molecule has 1 amide bonds. The Morgan fingerprint density at radius 1 is 1.30 bits per heavy atom. The molecule has 124 valence electrons. The van der Waals surface area contributed by atoms with E-state index in [9.17, 15) is 4.79 Å². The van der Waals surface area contributed by atoms with E-state index in [1.807, 2.05) is 33.0 Å². The summed E-state index contributed by atoms with van der Waals surface area (Å²) in [4.78, 5) is 18.4. The first-order valence-electron chi connectivity index (χ1n) is 7.94. The molecular weight excluding hydrogens is 314 g/mol. The van der Waals surface area contributed by atoms with Crippen LogP contribution in [0.15, 0.2) is 24.5 Å². The van der Waals surface area contributed by atoms with Gasteiger partial charge in [0.05, 0.1) is 5.02 Å². The minimum absolute atomic E-state index is 0.227. The molecule has 2 aromatic heterocycles. The van der Waals surface area contributed by atoms with Gasteiger partial charge in [0.2, 0.25) is 0 Å². The minimum atomic E-state index is -0.453. The van der Waals surface area contributed by atoms with Crippen LogP contribution in [-0.2, 0) is 4.74 Å². The molecule has 3 heterocycles. The number of nitrogens with zero attached hydrogens (tertiary/aromatic N) is 3. The number of ether oxygens (including phenoxy) is 1. The van der Waals surface area contributed by atoms with Gasteiger partial charge in [-0.25, -0.2) is 9.78 Å². The number of amides is 1. The Bertz CT molecular complexity index is 712. The van der Waals surface area contributed by atoms with Crippen molar-refractivity contribution in [3.8, 4) is 0 Å². The Kier molecular flexibility index (Phi) is 4.23. The first-order valence-corrected chi connectivity index (χ1v) is 8.32. The number of pyridine rings is 1. The molecule has 23 heavy (non-hydrogen) atoms. The number of carbonyl (C=O) groups is 1. The normalized spacial score (nSPS) is 16.8. The van der Waals surface area contributed by atoms with Crippen LogP contribution < -0.4 is 0 Å². The second-order valence-electron chi connectivity index (χ2n) is 6.95. The second kappa shape index (κ2) is 6.04. The number of hydrogen-bond donors (Lipinski definition) is 0. The number of halogens is 1. The van der Waals surface area contributed by atoms with Crippen LogP contribution in [0.2, 0.25) is 5.02 Å². The summed E-state index contributed by atoms with van der Waals surface area (Å²) < 4.78 is 7.61. The van der Waals surface area contributed by atoms with Gasteiger partial charge in [0, 0.05) is 36.9 Å². The molecule has 1 fully saturated rings. The summed E-state index contributed by atoms with van der Waals surface area (Å²) in [6.07, 6.45) is 5.32. The third-order valence-corrected chi connectivity index (χ3v) is 4.40. The van der Waals surface area contributed by atoms with Crippen LogP contribution in [0.25, 0.3) is 11.0 Å². The van der Waals surface area contributed by atoms with Gasteiger partial charge < -0.3 is 14.2 Å². The van der Waals surface area contributed by atoms with Crippen molar-refractivity contribution in [2.75, 3.05) is 13.1 Å². The molecule has 0 aliphatic carbocycles. The van der Waals surface area contributed by atoms with Crippen LogP contribution in [0, 0.1) is 0 Å². The zero-order valence-corrected chi connectivity index (χ0v) is 14.5. The lowest BCUT2D eigenvalue weighted by atomic mass is 10.1. The zero-order valence-electron chi connectivity index (χ0n) is 13.8. The maximum absolute atomic E-state index is 12.1. The lowest BCUT2D eigenvalue weighted by Crippen LogP contribution is -2.42.